The van der Waals surface area contributed by atoms with Crippen molar-refractivity contribution in [3.8, 4) is 0 Å². The van der Waals surface area contributed by atoms with Crippen LogP contribution in [0.5, 0.6) is 0 Å². The molecule has 1 aliphatic heterocycles. The van der Waals surface area contributed by atoms with Gasteiger partial charge in [0, 0.05) is 30.1 Å². The van der Waals surface area contributed by atoms with E-state index >= 15 is 0 Å². The van der Waals surface area contributed by atoms with Crippen molar-refractivity contribution in [1.29, 1.82) is 0 Å². The summed E-state index contributed by atoms with van der Waals surface area (Å²) in [4.78, 5) is 35.0. The van der Waals surface area contributed by atoms with E-state index in [1.807, 2.05) is 46.8 Å². The summed E-state index contributed by atoms with van der Waals surface area (Å²) in [5.74, 6) is -4.40. The maximum absolute atomic E-state index is 13.7. The van der Waals surface area contributed by atoms with Crippen molar-refractivity contribution in [3.63, 3.8) is 0 Å². The average molecular weight is 1740 g/mol. The molecule has 114 heavy (non-hydrogen) atoms. The van der Waals surface area contributed by atoms with Crippen LogP contribution in [0.25, 0.3) is 5.57 Å². The summed E-state index contributed by atoms with van der Waals surface area (Å²) in [6, 6.07) is 85.5. The third kappa shape index (κ3) is 26.9. The van der Waals surface area contributed by atoms with E-state index in [0.717, 1.165) is 73.8 Å². The summed E-state index contributed by atoms with van der Waals surface area (Å²) >= 11 is -0.106. The van der Waals surface area contributed by atoms with Crippen molar-refractivity contribution in [2.45, 2.75) is 142 Å². The van der Waals surface area contributed by atoms with Crippen LogP contribution in [0, 0.1) is 29.2 Å². The molecular weight excluding hydrogens is 1650 g/mol. The molecule has 10 aromatic carbocycles. The van der Waals surface area contributed by atoms with Gasteiger partial charge in [-0.2, -0.15) is 21.6 Å². The molecule has 2 amide bonds. The number of rotatable bonds is 14. The van der Waals surface area contributed by atoms with E-state index in [1.54, 1.807) is 43.3 Å². The molecule has 0 radical (unpaired) electrons. The zero-order valence-corrected chi connectivity index (χ0v) is 70.0. The molecule has 0 aromatic heterocycles. The van der Waals surface area contributed by atoms with Gasteiger partial charge in [-0.05, 0) is 218 Å². The predicted octanol–water partition coefficient (Wildman–Crippen LogP) is 21.8. The van der Waals surface area contributed by atoms with Gasteiger partial charge in [0.25, 0.3) is 11.8 Å². The zero-order valence-electron chi connectivity index (χ0n) is 64.3. The Labute approximate surface area is 684 Å². The number of halogens is 9. The van der Waals surface area contributed by atoms with E-state index in [9.17, 15) is 53.5 Å². The van der Waals surface area contributed by atoms with E-state index < -0.39 is 96.0 Å². The number of hydrogen-bond acceptors (Lipinski definition) is 8. The largest absolute Gasteiger partial charge is 0.0622 e. The van der Waals surface area contributed by atoms with E-state index in [4.69, 9.17) is 28.4 Å². The minimum Gasteiger partial charge on any atom is -0.0622 e. The van der Waals surface area contributed by atoms with Gasteiger partial charge in [0.1, 0.15) is 45.9 Å². The molecule has 0 bridgehead atoms. The average Bonchev–Trinajstić information content (AvgIpc) is 1.61. The van der Waals surface area contributed by atoms with Gasteiger partial charge >= 0.3 is 57.7 Å². The van der Waals surface area contributed by atoms with Crippen molar-refractivity contribution < 1.29 is 83.0 Å². The number of nitrogens with one attached hydrogen (secondary N) is 2. The van der Waals surface area contributed by atoms with Crippen molar-refractivity contribution in [2.24, 2.45) is 5.92 Å². The first-order valence-corrected chi connectivity index (χ1v) is 45.3. The maximum Gasteiger partial charge on any atom is -0.0134 e. The first-order valence-electron chi connectivity index (χ1n) is 37.2. The smallest absolute Gasteiger partial charge is 0.0134 e. The van der Waals surface area contributed by atoms with Crippen LogP contribution in [0.1, 0.15) is 152 Å². The summed E-state index contributed by atoms with van der Waals surface area (Å²) in [7, 11) is 2.73. The van der Waals surface area contributed by atoms with Crippen LogP contribution in [0.3, 0.4) is 0 Å². The minimum absolute atomic E-state index is 0.0569. The second-order valence-corrected chi connectivity index (χ2v) is 36.4. The minimum atomic E-state index is -5.49. The fourth-order valence-corrected chi connectivity index (χ4v) is 17.8. The number of anilines is 2. The number of Topliss-reactive ketones (excluding diaryl/α,β-unsaturated/α-hetero) is 1. The molecule has 1 heterocycles. The monoisotopic (exact) mass is 1740 g/mol. The van der Waals surface area contributed by atoms with Crippen LogP contribution in [-0.2, 0) is 44.3 Å². The molecule has 602 valence electrons. The fourth-order valence-electron chi connectivity index (χ4n) is 12.6. The Morgan fingerprint density at radius 1 is 0.465 bits per heavy atom. The first-order chi connectivity index (χ1) is 54.5. The van der Waals surface area contributed by atoms with E-state index in [-0.39, 0.29) is 28.1 Å². The van der Waals surface area contributed by atoms with E-state index in [2.05, 4.69) is 204 Å². The van der Waals surface area contributed by atoms with Gasteiger partial charge in [0.15, 0.2) is 0 Å². The topological polar surface area (TPSA) is 137 Å². The van der Waals surface area contributed by atoms with E-state index in [1.165, 1.54) is 74.4 Å². The molecule has 3 aliphatic carbocycles. The Morgan fingerprint density at radius 2 is 0.781 bits per heavy atom. The van der Waals surface area contributed by atoms with Crippen LogP contribution in [0.15, 0.2) is 284 Å². The predicted molar refractivity (Wildman–Crippen MR) is 450 cm³/mol. The molecule has 1 unspecified atom stereocenters. The third-order valence-corrected chi connectivity index (χ3v) is 25.3. The molecule has 1 saturated carbocycles. The van der Waals surface area contributed by atoms with Gasteiger partial charge in [-0.15, -0.1) is 0 Å². The maximum atomic E-state index is 13.7. The molecule has 2 fully saturated rings. The first kappa shape index (κ1) is 91.2. The van der Waals surface area contributed by atoms with Crippen LogP contribution < -0.4 is 47.9 Å². The van der Waals surface area contributed by atoms with Crippen LogP contribution in [-0.4, -0.2) is 49.8 Å². The SMILES string of the molecule is CC1(C)OB(c2ccc(NC(=O)c3c(F)cccc3F)cc2)OC1(C)C.CC1=C(OS(=O)(=O)C(F)(F)F)CCCC1.CC1=C(c2ccc(NC(=O)c3c(F)cccc3F)cc2)CCCC1.CC1CCCCC1=O.[Cl][Pd][Cl].c1ccc(P(c2ccccc2)c2ccccc2)cc1.c1ccc(P(c2ccccc2)c2ccccc2)cc1. The van der Waals surface area contributed by atoms with Crippen molar-refractivity contribution in [1.82, 2.24) is 0 Å². The number of amides is 2. The Bertz CT molecular complexity index is 4540. The van der Waals surface area contributed by atoms with Gasteiger partial charge in [-0.3, -0.25) is 14.4 Å². The number of carbonyl (C=O) groups excluding carboxylic acids is 3. The molecular formula is C90H92BCl2F7N2O8P2PdS. The number of hydrogen-bond donors (Lipinski definition) is 2. The van der Waals surface area contributed by atoms with Gasteiger partial charge < -0.3 is 24.1 Å². The van der Waals surface area contributed by atoms with Gasteiger partial charge in [0.2, 0.25) is 0 Å². The quantitative estimate of drug-likeness (QED) is 0.0361. The molecule has 10 aromatic rings. The normalized spacial score (nSPS) is 15.6. The number of ketones is 1. The van der Waals surface area contributed by atoms with Crippen LogP contribution in [0.4, 0.5) is 42.1 Å². The summed E-state index contributed by atoms with van der Waals surface area (Å²) in [6.45, 7) is 13.6. The Morgan fingerprint density at radius 3 is 1.09 bits per heavy atom. The van der Waals surface area contributed by atoms with Gasteiger partial charge in [-0.1, -0.05) is 237 Å². The van der Waals surface area contributed by atoms with E-state index in [0.29, 0.717) is 41.5 Å². The number of allylic oxidation sites excluding steroid dienone is 4. The standard InChI is InChI=1S/C20H19F2NO.C19H20BF2NO3.2C18H15P.C8H11F3O3S.C7H12O.2ClH.Pd/c1-13-5-2-3-6-16(13)14-9-11-15(12-10-14)23-20(24)19-17(21)7-4-8-18(19)22;1-18(2)19(3,4)26-20(25-18)12-8-10-13(11-9-12)23-17(24)16-14(21)6-5-7-15(16)22;2*1-4-10-16(11-5-1)19(17-12-6-2-7-13-17)18-14-8-3-9-15-18;1-6-4-2-3-5-7(6)14-15(12,13)8(9,10)11;1-6-4-2-3-5-7(6)8;;;/h4,7-12H,2-3,5-6H2,1H3,(H,23,24);5-11H,1-4H3,(H,23,24);2*1-15H;2-5H2,1H3;6H,2-5H2,1H3;2*1H;/q;;;;;;;;+2/p-2. The van der Waals surface area contributed by atoms with Gasteiger partial charge in [-0.25, -0.2) is 17.6 Å². The Hall–Kier alpha value is -8.36. The Balaban J connectivity index is 0.000000174. The molecule has 1 saturated heterocycles. The molecule has 0 spiro atoms. The summed E-state index contributed by atoms with van der Waals surface area (Å²) in [5.41, 5.74) is -1.22. The zero-order chi connectivity index (χ0) is 82.4. The van der Waals surface area contributed by atoms with Gasteiger partial charge in [0.05, 0.1) is 11.2 Å². The number of carbonyl (C=O) groups is 3. The number of benzene rings is 10. The van der Waals surface area contributed by atoms with Crippen molar-refractivity contribution in [2.75, 3.05) is 10.6 Å². The third-order valence-electron chi connectivity index (χ3n) is 19.4. The molecule has 24 heteroatoms. The molecule has 2 N–H and O–H groups in total. The molecule has 4 aliphatic rings. The van der Waals surface area contributed by atoms with Crippen LogP contribution >= 0.6 is 34.9 Å². The number of alkyl halides is 3. The van der Waals surface area contributed by atoms with Crippen molar-refractivity contribution >= 4 is 124 Å². The fraction of sp³-hybridized carbons (Fsp3) is 0.256. The molecule has 1 atom stereocenters. The summed E-state index contributed by atoms with van der Waals surface area (Å²) in [5, 5.41) is 13.4. The van der Waals surface area contributed by atoms with Crippen LogP contribution in [0.2, 0.25) is 0 Å². The second kappa shape index (κ2) is 44.7. The Kier molecular flexibility index (Phi) is 35.7. The summed E-state index contributed by atoms with van der Waals surface area (Å²) < 4.78 is 128. The second-order valence-electron chi connectivity index (χ2n) is 28.1. The van der Waals surface area contributed by atoms with Crippen molar-refractivity contribution in [3.05, 3.63) is 324 Å². The molecule has 14 rings (SSSR count). The summed E-state index contributed by atoms with van der Waals surface area (Å²) in [6.07, 6.45) is 11.3. The molecule has 10 nitrogen and oxygen atoms in total.